The molecule has 0 aliphatic heterocycles. The molecule has 2 unspecified atom stereocenters. The van der Waals surface area contributed by atoms with E-state index in [2.05, 4.69) is 36.4 Å². The standard InChI is InChI=1S/C30H31IN2O7/c1-29(2,31)15-7-5-13(6-8-15)16-9-10-19(34)21-17(16)11-14-12-18-23(33(3)4)25(36)22(28(32)39)27(38)30(18,40)26(37)20(14)24(21)35/h5-10,14,18,23,34-35,38,40H,11-12H2,1-4H3,(H2,32,39)/t14?,18?,23-,30-/m0/s1. The number of alkyl halides is 1. The largest absolute Gasteiger partial charge is 0.508 e. The zero-order valence-corrected chi connectivity index (χ0v) is 24.7. The van der Waals surface area contributed by atoms with E-state index >= 15 is 0 Å². The highest BCUT2D eigenvalue weighted by atomic mass is 127. The summed E-state index contributed by atoms with van der Waals surface area (Å²) in [6.07, 6.45) is 0.278. The number of halogens is 1. The lowest BCUT2D eigenvalue weighted by atomic mass is 9.57. The maximum atomic E-state index is 14.0. The molecule has 3 aliphatic rings. The number of Topliss-reactive ketones (excluding diaryl/α,β-unsaturated/α-hetero) is 2. The average Bonchev–Trinajstić information content (AvgIpc) is 2.85. The molecule has 0 heterocycles. The number of carbonyl (C=O) groups is 3. The number of aromatic hydroxyl groups is 1. The number of fused-ring (bicyclic) bond motifs is 3. The topological polar surface area (TPSA) is 161 Å². The number of aliphatic hydroxyl groups excluding tert-OH is 2. The van der Waals surface area contributed by atoms with Crippen molar-refractivity contribution >= 4 is 45.8 Å². The Balaban J connectivity index is 1.70. The van der Waals surface area contributed by atoms with Crippen LogP contribution in [0, 0.1) is 11.8 Å². The highest BCUT2D eigenvalue weighted by Gasteiger charge is 2.64. The highest BCUT2D eigenvalue weighted by Crippen LogP contribution is 2.53. The van der Waals surface area contributed by atoms with Crippen molar-refractivity contribution in [2.75, 3.05) is 14.1 Å². The number of likely N-dealkylation sites (N-methyl/N-ethyl adjacent to an activating group) is 1. The van der Waals surface area contributed by atoms with Crippen LogP contribution in [0.2, 0.25) is 0 Å². The molecule has 0 radical (unpaired) electrons. The normalized spacial score (nSPS) is 26.5. The van der Waals surface area contributed by atoms with Gasteiger partial charge in [0.05, 0.1) is 11.6 Å². The summed E-state index contributed by atoms with van der Waals surface area (Å²) in [5.74, 6) is -6.64. The van der Waals surface area contributed by atoms with Crippen LogP contribution in [-0.4, -0.2) is 68.5 Å². The van der Waals surface area contributed by atoms with E-state index in [9.17, 15) is 34.8 Å². The summed E-state index contributed by atoms with van der Waals surface area (Å²) in [7, 11) is 3.15. The summed E-state index contributed by atoms with van der Waals surface area (Å²) in [4.78, 5) is 40.8. The number of phenols is 1. The summed E-state index contributed by atoms with van der Waals surface area (Å²) < 4.78 is -0.0748. The molecule has 5 rings (SSSR count). The average molecular weight is 658 g/mol. The van der Waals surface area contributed by atoms with Gasteiger partial charge in [-0.1, -0.05) is 52.9 Å². The van der Waals surface area contributed by atoms with E-state index in [1.54, 1.807) is 20.2 Å². The maximum absolute atomic E-state index is 14.0. The minimum absolute atomic E-state index is 0.0445. The van der Waals surface area contributed by atoms with Crippen LogP contribution in [0.15, 0.2) is 53.3 Å². The van der Waals surface area contributed by atoms with Crippen LogP contribution in [0.5, 0.6) is 5.75 Å². The van der Waals surface area contributed by atoms with Crippen molar-refractivity contribution in [3.63, 3.8) is 0 Å². The molecule has 6 N–H and O–H groups in total. The van der Waals surface area contributed by atoms with Crippen LogP contribution in [0.4, 0.5) is 0 Å². The van der Waals surface area contributed by atoms with Crippen LogP contribution in [0.3, 0.4) is 0 Å². The Morgan fingerprint density at radius 1 is 1.07 bits per heavy atom. The summed E-state index contributed by atoms with van der Waals surface area (Å²) in [5.41, 5.74) is 5.19. The minimum atomic E-state index is -2.65. The number of amides is 1. The van der Waals surface area contributed by atoms with Crippen molar-refractivity contribution in [3.8, 4) is 16.9 Å². The second-order valence-corrected chi connectivity index (χ2v) is 14.2. The van der Waals surface area contributed by atoms with Crippen molar-refractivity contribution in [2.45, 2.75) is 41.8 Å². The zero-order valence-electron chi connectivity index (χ0n) is 22.5. The molecule has 4 atom stereocenters. The number of phenolic OH excluding ortho intramolecular Hbond substituents is 1. The third-order valence-electron chi connectivity index (χ3n) is 8.49. The lowest BCUT2D eigenvalue weighted by molar-refractivity contribution is -0.153. The summed E-state index contributed by atoms with van der Waals surface area (Å²) >= 11 is 2.36. The van der Waals surface area contributed by atoms with Gasteiger partial charge in [-0.3, -0.25) is 19.3 Å². The van der Waals surface area contributed by atoms with Crippen molar-refractivity contribution in [1.29, 1.82) is 0 Å². The van der Waals surface area contributed by atoms with E-state index in [4.69, 9.17) is 5.73 Å². The second kappa shape index (κ2) is 9.42. The van der Waals surface area contributed by atoms with Gasteiger partial charge < -0.3 is 26.2 Å². The number of rotatable bonds is 4. The SMILES string of the molecule is CN(C)[C@@H]1C(=O)C(C(N)=O)=C(O)[C@@]2(O)C(=O)C3=C(O)c4c(O)ccc(-c5ccc(C(C)(C)I)cc5)c4CC3CC12. The van der Waals surface area contributed by atoms with Gasteiger partial charge >= 0.3 is 0 Å². The number of hydrogen-bond donors (Lipinski definition) is 5. The van der Waals surface area contributed by atoms with Crippen LogP contribution in [0.1, 0.15) is 37.0 Å². The number of ketones is 2. The molecule has 0 spiro atoms. The molecule has 210 valence electrons. The lowest BCUT2D eigenvalue weighted by Gasteiger charge is -2.50. The van der Waals surface area contributed by atoms with Crippen molar-refractivity contribution < 1.29 is 34.8 Å². The van der Waals surface area contributed by atoms with Crippen LogP contribution < -0.4 is 5.73 Å². The Labute approximate surface area is 245 Å². The second-order valence-electron chi connectivity index (χ2n) is 11.5. The Morgan fingerprint density at radius 3 is 2.25 bits per heavy atom. The number of hydrogen-bond acceptors (Lipinski definition) is 8. The Hall–Kier alpha value is -3.22. The highest BCUT2D eigenvalue weighted by molar-refractivity contribution is 14.1. The Bertz CT molecular complexity index is 1530. The van der Waals surface area contributed by atoms with Gasteiger partial charge in [0.1, 0.15) is 22.8 Å². The predicted octanol–water partition coefficient (Wildman–Crippen LogP) is 3.30. The molecule has 0 bridgehead atoms. The molecule has 2 aromatic carbocycles. The maximum Gasteiger partial charge on any atom is 0.255 e. The number of nitrogens with zero attached hydrogens (tertiary/aromatic N) is 1. The fourth-order valence-corrected chi connectivity index (χ4v) is 6.92. The molecule has 0 saturated heterocycles. The predicted molar refractivity (Wildman–Crippen MR) is 157 cm³/mol. The molecule has 0 aromatic heterocycles. The molecule has 1 fully saturated rings. The smallest absolute Gasteiger partial charge is 0.255 e. The first-order chi connectivity index (χ1) is 18.6. The molecular formula is C30H31IN2O7. The molecule has 1 saturated carbocycles. The molecule has 2 aromatic rings. The minimum Gasteiger partial charge on any atom is -0.508 e. The molecule has 9 nitrogen and oxygen atoms in total. The Kier molecular flexibility index (Phi) is 6.67. The summed E-state index contributed by atoms with van der Waals surface area (Å²) in [6, 6.07) is 10.1. The van der Waals surface area contributed by atoms with E-state index in [-0.39, 0.29) is 33.1 Å². The van der Waals surface area contributed by atoms with Gasteiger partial charge in [-0.25, -0.2) is 0 Å². The number of nitrogens with two attached hydrogens (primary N) is 1. The first kappa shape index (κ1) is 28.3. The molecule has 1 amide bonds. The van der Waals surface area contributed by atoms with Crippen molar-refractivity contribution in [3.05, 3.63) is 70.0 Å². The van der Waals surface area contributed by atoms with Gasteiger partial charge in [-0.2, -0.15) is 0 Å². The van der Waals surface area contributed by atoms with Gasteiger partial charge in [0.2, 0.25) is 5.78 Å². The quantitative estimate of drug-likeness (QED) is 0.190. The molecule has 3 aliphatic carbocycles. The number of benzene rings is 2. The lowest BCUT2D eigenvalue weighted by Crippen LogP contribution is -2.65. The third-order valence-corrected chi connectivity index (χ3v) is 9.11. The Morgan fingerprint density at radius 2 is 1.70 bits per heavy atom. The summed E-state index contributed by atoms with van der Waals surface area (Å²) in [5, 5.41) is 44.9. The molecule has 40 heavy (non-hydrogen) atoms. The fraction of sp³-hybridized carbons (Fsp3) is 0.367. The first-order valence-corrected chi connectivity index (χ1v) is 14.0. The number of aliphatic hydroxyl groups is 3. The van der Waals surface area contributed by atoms with E-state index in [0.29, 0.717) is 5.56 Å². The van der Waals surface area contributed by atoms with E-state index in [1.165, 1.54) is 11.0 Å². The van der Waals surface area contributed by atoms with Crippen LogP contribution in [0.25, 0.3) is 16.9 Å². The number of carbonyl (C=O) groups excluding carboxylic acids is 3. The zero-order chi connectivity index (χ0) is 29.5. The fourth-order valence-electron chi connectivity index (χ4n) is 6.56. The monoisotopic (exact) mass is 658 g/mol. The number of primary amides is 1. The van der Waals surface area contributed by atoms with Crippen LogP contribution in [-0.2, 0) is 24.2 Å². The van der Waals surface area contributed by atoms with Gasteiger partial charge in [0, 0.05) is 14.9 Å². The van der Waals surface area contributed by atoms with E-state index < -0.39 is 58.0 Å². The van der Waals surface area contributed by atoms with Gasteiger partial charge in [0.25, 0.3) is 5.91 Å². The molecular weight excluding hydrogens is 627 g/mol. The van der Waals surface area contributed by atoms with Crippen molar-refractivity contribution in [1.82, 2.24) is 4.90 Å². The third kappa shape index (κ3) is 3.99. The molecule has 10 heteroatoms. The van der Waals surface area contributed by atoms with E-state index in [0.717, 1.165) is 16.7 Å². The van der Waals surface area contributed by atoms with Gasteiger partial charge in [0.15, 0.2) is 11.4 Å². The van der Waals surface area contributed by atoms with Crippen molar-refractivity contribution in [2.24, 2.45) is 17.6 Å². The summed E-state index contributed by atoms with van der Waals surface area (Å²) in [6.45, 7) is 4.21. The van der Waals surface area contributed by atoms with Gasteiger partial charge in [-0.15, -0.1) is 0 Å². The van der Waals surface area contributed by atoms with Crippen LogP contribution >= 0.6 is 22.6 Å². The van der Waals surface area contributed by atoms with E-state index in [1.807, 2.05) is 24.3 Å². The first-order valence-electron chi connectivity index (χ1n) is 12.9. The van der Waals surface area contributed by atoms with Gasteiger partial charge in [-0.05, 0) is 75.0 Å².